The first-order valence-electron chi connectivity index (χ1n) is 8.07. The molecule has 0 unspecified atom stereocenters. The summed E-state index contributed by atoms with van der Waals surface area (Å²) in [6.45, 7) is -0.329. The minimum atomic E-state index is -1.05. The molecule has 0 saturated carbocycles. The van der Waals surface area contributed by atoms with Crippen LogP contribution in [0.4, 0.5) is 11.8 Å². The Labute approximate surface area is 167 Å². The summed E-state index contributed by atoms with van der Waals surface area (Å²) < 4.78 is 10.9. The zero-order valence-corrected chi connectivity index (χ0v) is 15.6. The van der Waals surface area contributed by atoms with Gasteiger partial charge in [-0.15, -0.1) is 12.4 Å². The van der Waals surface area contributed by atoms with Crippen molar-refractivity contribution in [2.45, 2.75) is 6.61 Å². The first-order valence-corrected chi connectivity index (χ1v) is 8.07. The van der Waals surface area contributed by atoms with E-state index in [1.807, 2.05) is 30.3 Å². The van der Waals surface area contributed by atoms with Crippen LogP contribution in [0.5, 0.6) is 11.5 Å². The van der Waals surface area contributed by atoms with E-state index in [1.165, 1.54) is 0 Å². The minimum absolute atomic E-state index is 0. The Morgan fingerprint density at radius 3 is 2.32 bits per heavy atom. The van der Waals surface area contributed by atoms with Crippen LogP contribution < -0.4 is 20.9 Å². The molecule has 1 heterocycles. The monoisotopic (exact) mass is 402 g/mol. The fraction of sp³-hybridized carbons (Fsp3) is 0.105. The quantitative estimate of drug-likeness (QED) is 0.549. The molecule has 0 saturated heterocycles. The molecular weight excluding hydrogens is 384 g/mol. The number of carboxylic acid groups (broad SMARTS) is 1. The average Bonchev–Trinajstić information content (AvgIpc) is 2.65. The van der Waals surface area contributed by atoms with Gasteiger partial charge in [-0.3, -0.25) is 0 Å². The van der Waals surface area contributed by atoms with Gasteiger partial charge >= 0.3 is 5.97 Å². The Hall–Kier alpha value is -3.52. The van der Waals surface area contributed by atoms with Gasteiger partial charge in [-0.2, -0.15) is 4.98 Å². The summed E-state index contributed by atoms with van der Waals surface area (Å²) >= 11 is 0. The van der Waals surface area contributed by atoms with E-state index in [9.17, 15) is 4.79 Å². The number of ether oxygens (including phenoxy) is 2. The van der Waals surface area contributed by atoms with Crippen LogP contribution in [0.25, 0.3) is 11.1 Å². The number of nitrogens with two attached hydrogens (primary N) is 2. The average molecular weight is 403 g/mol. The van der Waals surface area contributed by atoms with E-state index in [4.69, 9.17) is 26.0 Å². The van der Waals surface area contributed by atoms with Gasteiger partial charge in [0.1, 0.15) is 23.9 Å². The molecule has 0 bridgehead atoms. The molecule has 9 heteroatoms. The van der Waals surface area contributed by atoms with Crippen LogP contribution in [0.2, 0.25) is 0 Å². The molecule has 0 atom stereocenters. The number of rotatable bonds is 7. The van der Waals surface area contributed by atoms with Crippen molar-refractivity contribution in [1.29, 1.82) is 0 Å². The lowest BCUT2D eigenvalue weighted by atomic mass is 10.0. The molecule has 0 aliphatic heterocycles. The van der Waals surface area contributed by atoms with E-state index in [2.05, 4.69) is 9.97 Å². The fourth-order valence-electron chi connectivity index (χ4n) is 2.52. The second-order valence-electron chi connectivity index (χ2n) is 5.60. The highest BCUT2D eigenvalue weighted by molar-refractivity contribution is 5.85. The summed E-state index contributed by atoms with van der Waals surface area (Å²) in [7, 11) is 0. The van der Waals surface area contributed by atoms with Crippen LogP contribution in [0.15, 0.2) is 54.6 Å². The van der Waals surface area contributed by atoms with Crippen LogP contribution in [0.3, 0.4) is 0 Å². The van der Waals surface area contributed by atoms with Gasteiger partial charge < -0.3 is 26.0 Å². The smallest absolute Gasteiger partial charge is 0.341 e. The van der Waals surface area contributed by atoms with Crippen LogP contribution in [0.1, 0.15) is 5.69 Å². The van der Waals surface area contributed by atoms with Gasteiger partial charge in [0.05, 0.1) is 5.69 Å². The van der Waals surface area contributed by atoms with Crippen molar-refractivity contribution in [2.24, 2.45) is 0 Å². The number of aliphatic carboxylic acids is 1. The molecule has 5 N–H and O–H groups in total. The van der Waals surface area contributed by atoms with Gasteiger partial charge in [0.15, 0.2) is 6.61 Å². The molecule has 146 valence electrons. The van der Waals surface area contributed by atoms with Gasteiger partial charge in [0, 0.05) is 11.6 Å². The van der Waals surface area contributed by atoms with Crippen LogP contribution in [0, 0.1) is 0 Å². The Morgan fingerprint density at radius 1 is 0.964 bits per heavy atom. The van der Waals surface area contributed by atoms with E-state index >= 15 is 0 Å². The van der Waals surface area contributed by atoms with E-state index in [1.54, 1.807) is 24.3 Å². The van der Waals surface area contributed by atoms with Gasteiger partial charge in [-0.1, -0.05) is 36.4 Å². The molecule has 1 aromatic heterocycles. The summed E-state index contributed by atoms with van der Waals surface area (Å²) in [6.07, 6.45) is 0. The Balaban J connectivity index is 0.00000280. The van der Waals surface area contributed by atoms with Crippen molar-refractivity contribution < 1.29 is 19.4 Å². The number of carboxylic acids is 1. The molecule has 2 aromatic carbocycles. The maximum atomic E-state index is 10.6. The van der Waals surface area contributed by atoms with Gasteiger partial charge in [-0.25, -0.2) is 9.78 Å². The highest BCUT2D eigenvalue weighted by atomic mass is 35.5. The molecule has 0 spiro atoms. The summed E-state index contributed by atoms with van der Waals surface area (Å²) in [5.41, 5.74) is 13.8. The van der Waals surface area contributed by atoms with E-state index in [0.717, 1.165) is 5.56 Å². The van der Waals surface area contributed by atoms with Crippen molar-refractivity contribution in [2.75, 3.05) is 18.1 Å². The zero-order valence-electron chi connectivity index (χ0n) is 14.7. The van der Waals surface area contributed by atoms with Crippen LogP contribution in [-0.2, 0) is 11.4 Å². The standard InChI is InChI=1S/C19H18N4O4.ClH/c20-18-17(12-5-2-1-3-6-12)15(22-19(21)23-18)10-26-13-7-4-8-14(9-13)27-11-16(24)25;/h1-9H,10-11H2,(H,24,25)(H4,20,21,22,23);1H. The number of hydrogen-bond donors (Lipinski definition) is 3. The second kappa shape index (κ2) is 9.43. The third kappa shape index (κ3) is 5.24. The molecule has 0 fully saturated rings. The van der Waals surface area contributed by atoms with Gasteiger partial charge in [0.25, 0.3) is 0 Å². The van der Waals surface area contributed by atoms with Crippen molar-refractivity contribution in [3.63, 3.8) is 0 Å². The third-order valence-corrected chi connectivity index (χ3v) is 3.64. The summed E-state index contributed by atoms with van der Waals surface area (Å²) in [4.78, 5) is 18.9. The number of halogens is 1. The Kier molecular flexibility index (Phi) is 7.00. The van der Waals surface area contributed by atoms with E-state index < -0.39 is 12.6 Å². The Bertz CT molecular complexity index is 954. The van der Waals surface area contributed by atoms with Crippen LogP contribution in [-0.4, -0.2) is 27.7 Å². The molecule has 28 heavy (non-hydrogen) atoms. The fourth-order valence-corrected chi connectivity index (χ4v) is 2.52. The lowest BCUT2D eigenvalue weighted by Gasteiger charge is -2.13. The summed E-state index contributed by atoms with van der Waals surface area (Å²) in [5.74, 6) is 0.156. The lowest BCUT2D eigenvalue weighted by molar-refractivity contribution is -0.139. The van der Waals surface area contributed by atoms with Crippen molar-refractivity contribution in [3.05, 3.63) is 60.3 Å². The Morgan fingerprint density at radius 2 is 1.64 bits per heavy atom. The predicted octanol–water partition coefficient (Wildman–Crippen LogP) is 2.77. The molecule has 0 amide bonds. The van der Waals surface area contributed by atoms with Crippen LogP contribution >= 0.6 is 12.4 Å². The number of nitrogens with zero attached hydrogens (tertiary/aromatic N) is 2. The molecule has 8 nitrogen and oxygen atoms in total. The number of carbonyl (C=O) groups is 1. The highest BCUT2D eigenvalue weighted by Gasteiger charge is 2.14. The largest absolute Gasteiger partial charge is 0.487 e. The van der Waals surface area contributed by atoms with E-state index in [-0.39, 0.29) is 30.8 Å². The SMILES string of the molecule is Cl.Nc1nc(N)c(-c2ccccc2)c(COc2cccc(OCC(=O)O)c2)n1. The number of aromatic nitrogens is 2. The first-order chi connectivity index (χ1) is 13.0. The number of benzene rings is 2. The summed E-state index contributed by atoms with van der Waals surface area (Å²) in [5, 5.41) is 8.69. The van der Waals surface area contributed by atoms with Crippen molar-refractivity contribution in [3.8, 4) is 22.6 Å². The lowest BCUT2D eigenvalue weighted by Crippen LogP contribution is -2.10. The maximum absolute atomic E-state index is 10.6. The molecule has 0 aliphatic carbocycles. The minimum Gasteiger partial charge on any atom is -0.487 e. The molecule has 0 radical (unpaired) electrons. The number of anilines is 2. The topological polar surface area (TPSA) is 134 Å². The van der Waals surface area contributed by atoms with Gasteiger partial charge in [0.2, 0.25) is 5.95 Å². The van der Waals surface area contributed by atoms with Gasteiger partial charge in [-0.05, 0) is 17.7 Å². The third-order valence-electron chi connectivity index (χ3n) is 3.64. The number of hydrogen-bond acceptors (Lipinski definition) is 7. The zero-order chi connectivity index (χ0) is 19.2. The second-order valence-corrected chi connectivity index (χ2v) is 5.60. The number of nitrogen functional groups attached to an aromatic ring is 2. The van der Waals surface area contributed by atoms with E-state index in [0.29, 0.717) is 22.8 Å². The predicted molar refractivity (Wildman–Crippen MR) is 107 cm³/mol. The molecule has 3 rings (SSSR count). The first kappa shape index (κ1) is 20.8. The highest BCUT2D eigenvalue weighted by Crippen LogP contribution is 2.29. The molecular formula is C19H19ClN4O4. The van der Waals surface area contributed by atoms with Crippen molar-refractivity contribution >= 4 is 30.1 Å². The molecule has 3 aromatic rings. The summed E-state index contributed by atoms with van der Waals surface area (Å²) in [6, 6.07) is 16.1. The van der Waals surface area contributed by atoms with Crippen molar-refractivity contribution in [1.82, 2.24) is 9.97 Å². The molecule has 0 aliphatic rings. The maximum Gasteiger partial charge on any atom is 0.341 e. The normalized spacial score (nSPS) is 10.0.